The topological polar surface area (TPSA) is 44.4 Å². The maximum absolute atomic E-state index is 13.7. The number of benzene rings is 2. The molecule has 1 atom stereocenters. The first-order chi connectivity index (χ1) is 12.0. The predicted octanol–water partition coefficient (Wildman–Crippen LogP) is 3.20. The molecule has 3 rings (SSSR count). The molecule has 25 heavy (non-hydrogen) atoms. The van der Waals surface area contributed by atoms with Crippen LogP contribution in [0.15, 0.2) is 42.5 Å². The van der Waals surface area contributed by atoms with Gasteiger partial charge in [0, 0.05) is 36.8 Å². The van der Waals surface area contributed by atoms with E-state index >= 15 is 0 Å². The number of amides is 1. The third kappa shape index (κ3) is 4.54. The molecule has 2 N–H and O–H groups in total. The van der Waals surface area contributed by atoms with Gasteiger partial charge in [0.05, 0.1) is 12.2 Å². The zero-order chi connectivity index (χ0) is 17.8. The van der Waals surface area contributed by atoms with Crippen LogP contribution in [0.1, 0.15) is 11.6 Å². The number of hydrogen-bond donors (Lipinski definition) is 2. The molecular formula is C18H18ClF2N3O. The van der Waals surface area contributed by atoms with Gasteiger partial charge in [-0.25, -0.2) is 8.78 Å². The van der Waals surface area contributed by atoms with E-state index in [1.165, 1.54) is 6.07 Å². The molecule has 0 aliphatic carbocycles. The summed E-state index contributed by atoms with van der Waals surface area (Å²) in [5.74, 6) is -1.82. The third-order valence-electron chi connectivity index (χ3n) is 4.14. The molecule has 0 spiro atoms. The highest BCUT2D eigenvalue weighted by molar-refractivity contribution is 6.30. The van der Waals surface area contributed by atoms with Gasteiger partial charge in [-0.15, -0.1) is 0 Å². The minimum Gasteiger partial charge on any atom is -0.322 e. The molecule has 0 aromatic heterocycles. The van der Waals surface area contributed by atoms with Crippen LogP contribution in [0.25, 0.3) is 0 Å². The van der Waals surface area contributed by atoms with E-state index in [-0.39, 0.29) is 24.2 Å². The fraction of sp³-hybridized carbons (Fsp3) is 0.278. The summed E-state index contributed by atoms with van der Waals surface area (Å²) in [7, 11) is 0. The Morgan fingerprint density at radius 2 is 2.12 bits per heavy atom. The lowest BCUT2D eigenvalue weighted by atomic mass is 10.0. The van der Waals surface area contributed by atoms with Crippen LogP contribution in [0.4, 0.5) is 14.5 Å². The first-order valence-corrected chi connectivity index (χ1v) is 8.36. The molecule has 1 unspecified atom stereocenters. The molecule has 1 aliphatic heterocycles. The molecule has 1 saturated heterocycles. The number of nitrogens with one attached hydrogen (secondary N) is 2. The third-order valence-corrected chi connectivity index (χ3v) is 4.37. The fourth-order valence-corrected chi connectivity index (χ4v) is 3.14. The number of nitrogens with zero attached hydrogens (tertiary/aromatic N) is 1. The molecule has 0 saturated carbocycles. The lowest BCUT2D eigenvalue weighted by Crippen LogP contribution is -2.48. The predicted molar refractivity (Wildman–Crippen MR) is 93.6 cm³/mol. The first kappa shape index (κ1) is 17.8. The average molecular weight is 366 g/mol. The van der Waals surface area contributed by atoms with E-state index in [0.717, 1.165) is 24.2 Å². The van der Waals surface area contributed by atoms with Crippen molar-refractivity contribution in [3.63, 3.8) is 0 Å². The van der Waals surface area contributed by atoms with Crippen molar-refractivity contribution in [2.24, 2.45) is 0 Å². The minimum atomic E-state index is -0.792. The molecule has 2 aromatic rings. The average Bonchev–Trinajstić information content (AvgIpc) is 2.58. The lowest BCUT2D eigenvalue weighted by Gasteiger charge is -2.36. The highest BCUT2D eigenvalue weighted by Crippen LogP contribution is 2.24. The summed E-state index contributed by atoms with van der Waals surface area (Å²) in [6, 6.07) is 10.6. The van der Waals surface area contributed by atoms with Gasteiger partial charge >= 0.3 is 0 Å². The Balaban J connectivity index is 1.69. The van der Waals surface area contributed by atoms with Crippen molar-refractivity contribution in [2.45, 2.75) is 6.04 Å². The van der Waals surface area contributed by atoms with Crippen LogP contribution in [0.3, 0.4) is 0 Å². The Kier molecular flexibility index (Phi) is 5.63. The number of carbonyl (C=O) groups excluding carboxylic acids is 1. The van der Waals surface area contributed by atoms with Crippen molar-refractivity contribution < 1.29 is 13.6 Å². The van der Waals surface area contributed by atoms with Crippen LogP contribution in [-0.4, -0.2) is 37.0 Å². The molecule has 0 bridgehead atoms. The van der Waals surface area contributed by atoms with E-state index in [0.29, 0.717) is 18.1 Å². The van der Waals surface area contributed by atoms with Crippen LogP contribution < -0.4 is 10.6 Å². The summed E-state index contributed by atoms with van der Waals surface area (Å²) >= 11 is 6.06. The number of piperazine rings is 1. The highest BCUT2D eigenvalue weighted by Gasteiger charge is 2.25. The number of hydrogen-bond acceptors (Lipinski definition) is 3. The van der Waals surface area contributed by atoms with Crippen molar-refractivity contribution in [1.29, 1.82) is 0 Å². The molecule has 0 radical (unpaired) electrons. The zero-order valence-corrected chi connectivity index (χ0v) is 14.2. The van der Waals surface area contributed by atoms with Crippen molar-refractivity contribution in [2.75, 3.05) is 31.5 Å². The van der Waals surface area contributed by atoms with Gasteiger partial charge in [-0.05, 0) is 29.8 Å². The van der Waals surface area contributed by atoms with E-state index < -0.39 is 11.6 Å². The molecular weight excluding hydrogens is 348 g/mol. The normalized spacial score (nSPS) is 18.1. The highest BCUT2D eigenvalue weighted by atomic mass is 35.5. The van der Waals surface area contributed by atoms with Gasteiger partial charge in [-0.2, -0.15) is 0 Å². The van der Waals surface area contributed by atoms with Crippen molar-refractivity contribution >= 4 is 23.2 Å². The lowest BCUT2D eigenvalue weighted by molar-refractivity contribution is -0.118. The van der Waals surface area contributed by atoms with Crippen LogP contribution in [0.5, 0.6) is 0 Å². The van der Waals surface area contributed by atoms with Crippen molar-refractivity contribution in [3.05, 3.63) is 64.7 Å². The van der Waals surface area contributed by atoms with Gasteiger partial charge in [0.1, 0.15) is 11.6 Å². The van der Waals surface area contributed by atoms with Gasteiger partial charge in [0.15, 0.2) is 0 Å². The monoisotopic (exact) mass is 365 g/mol. The number of halogens is 3. The molecule has 7 heteroatoms. The standard InChI is InChI=1S/C18H18ClF2N3O/c19-13-3-1-2-12(8-13)17-10-22-6-7-24(17)11-18(25)23-16-5-4-14(20)9-15(16)21/h1-5,8-9,17,22H,6-7,10-11H2,(H,23,25). The van der Waals surface area contributed by atoms with Crippen molar-refractivity contribution in [1.82, 2.24) is 10.2 Å². The second-order valence-corrected chi connectivity index (χ2v) is 6.35. The SMILES string of the molecule is O=C(CN1CCNCC1c1cccc(Cl)c1)Nc1ccc(F)cc1F. The Morgan fingerprint density at radius 1 is 1.28 bits per heavy atom. The van der Waals surface area contributed by atoms with E-state index in [2.05, 4.69) is 10.6 Å². The summed E-state index contributed by atoms with van der Waals surface area (Å²) in [6.45, 7) is 2.24. The second-order valence-electron chi connectivity index (χ2n) is 5.92. The molecule has 1 fully saturated rings. The first-order valence-electron chi connectivity index (χ1n) is 7.98. The molecule has 1 heterocycles. The van der Waals surface area contributed by atoms with Crippen LogP contribution in [0, 0.1) is 11.6 Å². The second kappa shape index (κ2) is 7.91. The van der Waals surface area contributed by atoms with Crippen LogP contribution in [0.2, 0.25) is 5.02 Å². The van der Waals surface area contributed by atoms with Gasteiger partial charge < -0.3 is 10.6 Å². The number of rotatable bonds is 4. The Morgan fingerprint density at radius 3 is 2.88 bits per heavy atom. The maximum atomic E-state index is 13.7. The Bertz CT molecular complexity index is 772. The smallest absolute Gasteiger partial charge is 0.238 e. The molecule has 2 aromatic carbocycles. The minimum absolute atomic E-state index is 0.00346. The van der Waals surface area contributed by atoms with Crippen LogP contribution in [-0.2, 0) is 4.79 Å². The molecule has 4 nitrogen and oxygen atoms in total. The van der Waals surface area contributed by atoms with Gasteiger partial charge in [0.25, 0.3) is 0 Å². The zero-order valence-electron chi connectivity index (χ0n) is 13.4. The van der Waals surface area contributed by atoms with Gasteiger partial charge in [-0.1, -0.05) is 23.7 Å². The summed E-state index contributed by atoms with van der Waals surface area (Å²) in [6.07, 6.45) is 0. The number of anilines is 1. The van der Waals surface area contributed by atoms with E-state index in [1.807, 2.05) is 23.1 Å². The molecule has 1 amide bonds. The van der Waals surface area contributed by atoms with Gasteiger partial charge in [0.2, 0.25) is 5.91 Å². The Hall–Kier alpha value is -2.02. The fourth-order valence-electron chi connectivity index (χ4n) is 2.94. The summed E-state index contributed by atoms with van der Waals surface area (Å²) in [5, 5.41) is 6.44. The number of carbonyl (C=O) groups is 1. The van der Waals surface area contributed by atoms with Crippen molar-refractivity contribution in [3.8, 4) is 0 Å². The largest absolute Gasteiger partial charge is 0.322 e. The van der Waals surface area contributed by atoms with E-state index in [1.54, 1.807) is 6.07 Å². The summed E-state index contributed by atoms with van der Waals surface area (Å²) in [5.41, 5.74) is 0.987. The molecule has 1 aliphatic rings. The summed E-state index contributed by atoms with van der Waals surface area (Å²) < 4.78 is 26.6. The van der Waals surface area contributed by atoms with Gasteiger partial charge in [-0.3, -0.25) is 9.69 Å². The van der Waals surface area contributed by atoms with E-state index in [9.17, 15) is 13.6 Å². The molecule has 132 valence electrons. The quantitative estimate of drug-likeness (QED) is 0.874. The maximum Gasteiger partial charge on any atom is 0.238 e. The Labute approximate surface area is 149 Å². The van der Waals surface area contributed by atoms with E-state index in [4.69, 9.17) is 11.6 Å². The van der Waals surface area contributed by atoms with Crippen LogP contribution >= 0.6 is 11.6 Å². The summed E-state index contributed by atoms with van der Waals surface area (Å²) in [4.78, 5) is 14.3.